The minimum Gasteiger partial charge on any atom is -0.539 e. The fourth-order valence-electron chi connectivity index (χ4n) is 1.88. The summed E-state index contributed by atoms with van der Waals surface area (Å²) in [5.41, 5.74) is 0. The van der Waals surface area contributed by atoms with Gasteiger partial charge in [-0.3, -0.25) is 4.79 Å². The van der Waals surface area contributed by atoms with Gasteiger partial charge in [0.2, 0.25) is 0 Å². The average molecular weight is 264 g/mol. The number of benzene rings is 1. The topological polar surface area (TPSA) is 65.0 Å². The fraction of sp³-hybridized carbons (Fsp3) is 0.462. The van der Waals surface area contributed by atoms with Crippen LogP contribution in [0.1, 0.15) is 13.3 Å². The zero-order valence-electron chi connectivity index (χ0n) is 10.9. The highest BCUT2D eigenvalue weighted by molar-refractivity contribution is 6.17. The number of esters is 1. The Morgan fingerprint density at radius 3 is 2.68 bits per heavy atom. The van der Waals surface area contributed by atoms with Gasteiger partial charge in [0.25, 0.3) is 0 Å². The quantitative estimate of drug-likeness (QED) is 0.585. The highest BCUT2D eigenvalue weighted by atomic mass is 16.5. The van der Waals surface area contributed by atoms with Crippen molar-refractivity contribution in [2.24, 2.45) is 11.8 Å². The molecule has 0 saturated heterocycles. The van der Waals surface area contributed by atoms with E-state index < -0.39 is 0 Å². The average Bonchev–Trinajstić information content (AvgIpc) is 3.18. The zero-order valence-corrected chi connectivity index (χ0v) is 10.9. The number of carbonyl (C=O) groups is 1. The van der Waals surface area contributed by atoms with Crippen LogP contribution in [0, 0.1) is 11.8 Å². The van der Waals surface area contributed by atoms with Crippen molar-refractivity contribution in [1.29, 1.82) is 0 Å². The fourth-order valence-corrected chi connectivity index (χ4v) is 1.88. The van der Waals surface area contributed by atoms with E-state index in [4.69, 9.17) is 19.2 Å². The van der Waals surface area contributed by atoms with Crippen molar-refractivity contribution < 1.29 is 23.9 Å². The number of hydrogen-bond donors (Lipinski definition) is 1. The molecular formula is C13H17BO5. The van der Waals surface area contributed by atoms with Crippen molar-refractivity contribution in [3.8, 4) is 11.5 Å². The molecule has 6 heteroatoms. The van der Waals surface area contributed by atoms with Crippen LogP contribution in [0.4, 0.5) is 0 Å². The molecule has 1 aliphatic carbocycles. The van der Waals surface area contributed by atoms with E-state index in [1.165, 1.54) is 0 Å². The molecule has 1 aliphatic rings. The molecule has 0 spiro atoms. The van der Waals surface area contributed by atoms with Gasteiger partial charge < -0.3 is 19.2 Å². The van der Waals surface area contributed by atoms with Crippen LogP contribution < -0.4 is 9.39 Å². The summed E-state index contributed by atoms with van der Waals surface area (Å²) in [6.45, 7) is 2.75. The maximum absolute atomic E-state index is 11.4. The summed E-state index contributed by atoms with van der Waals surface area (Å²) >= 11 is 0. The second-order valence-electron chi connectivity index (χ2n) is 4.41. The minimum atomic E-state index is -0.344. The molecule has 0 aliphatic heterocycles. The Hall–Kier alpha value is -1.69. The largest absolute Gasteiger partial charge is 0.539 e. The Labute approximate surface area is 112 Å². The molecule has 1 saturated carbocycles. The Morgan fingerprint density at radius 1 is 1.37 bits per heavy atom. The van der Waals surface area contributed by atoms with E-state index in [1.807, 2.05) is 6.92 Å². The van der Waals surface area contributed by atoms with Gasteiger partial charge in [0.05, 0.1) is 19.1 Å². The van der Waals surface area contributed by atoms with Crippen LogP contribution >= 0.6 is 0 Å². The van der Waals surface area contributed by atoms with Gasteiger partial charge in [0, 0.05) is 5.92 Å². The Bertz CT molecular complexity index is 420. The van der Waals surface area contributed by atoms with E-state index in [0.717, 1.165) is 12.2 Å². The van der Waals surface area contributed by atoms with Crippen molar-refractivity contribution in [1.82, 2.24) is 0 Å². The van der Waals surface area contributed by atoms with Gasteiger partial charge in [-0.05, 0) is 37.6 Å². The summed E-state index contributed by atoms with van der Waals surface area (Å²) in [5, 5.41) is 8.60. The predicted octanol–water partition coefficient (Wildman–Crippen LogP) is 0.902. The number of ether oxygens (including phenoxy) is 2. The maximum atomic E-state index is 11.4. The first-order valence-corrected chi connectivity index (χ1v) is 6.37. The lowest BCUT2D eigenvalue weighted by molar-refractivity contribution is -0.145. The first-order valence-electron chi connectivity index (χ1n) is 6.37. The molecule has 1 aromatic rings. The van der Waals surface area contributed by atoms with Crippen LogP contribution in [0.2, 0.25) is 0 Å². The number of hydrogen-bond acceptors (Lipinski definition) is 5. The summed E-state index contributed by atoms with van der Waals surface area (Å²) < 4.78 is 15.5. The van der Waals surface area contributed by atoms with Crippen LogP contribution in [0.5, 0.6) is 11.5 Å². The van der Waals surface area contributed by atoms with Crippen LogP contribution in [0.3, 0.4) is 0 Å². The van der Waals surface area contributed by atoms with Crippen molar-refractivity contribution in [3.63, 3.8) is 0 Å². The lowest BCUT2D eigenvalue weighted by atomic mass is 10.3. The van der Waals surface area contributed by atoms with E-state index in [1.54, 1.807) is 24.3 Å². The van der Waals surface area contributed by atoms with Crippen molar-refractivity contribution in [2.45, 2.75) is 13.3 Å². The van der Waals surface area contributed by atoms with Crippen molar-refractivity contribution in [3.05, 3.63) is 24.3 Å². The first kappa shape index (κ1) is 13.7. The standard InChI is InChI=1S/C13H17BO5/c1-2-17-13(15)12-7-9(12)8-18-10-3-5-11(6-4-10)19-14-16/h3-6,9,12,14,16H,2,7-8H2,1H3/t9-,12+/m1/s1. The summed E-state index contributed by atoms with van der Waals surface area (Å²) in [6, 6.07) is 6.99. The van der Waals surface area contributed by atoms with Crippen LogP contribution in [0.15, 0.2) is 24.3 Å². The molecule has 2 rings (SSSR count). The predicted molar refractivity (Wildman–Crippen MR) is 70.2 cm³/mol. The third kappa shape index (κ3) is 3.89. The monoisotopic (exact) mass is 264 g/mol. The lowest BCUT2D eigenvalue weighted by Crippen LogP contribution is -2.10. The third-order valence-electron chi connectivity index (χ3n) is 3.03. The SMILES string of the molecule is CCOC(=O)[C@H]1C[C@@H]1COc1ccc(OBO)cc1. The molecule has 0 amide bonds. The van der Waals surface area contributed by atoms with Crippen molar-refractivity contribution in [2.75, 3.05) is 13.2 Å². The van der Waals surface area contributed by atoms with E-state index in [-0.39, 0.29) is 25.5 Å². The summed E-state index contributed by atoms with van der Waals surface area (Å²) in [4.78, 5) is 11.4. The maximum Gasteiger partial charge on any atom is 0.504 e. The summed E-state index contributed by atoms with van der Waals surface area (Å²) in [5.74, 6) is 1.44. The van der Waals surface area contributed by atoms with Crippen LogP contribution in [-0.4, -0.2) is 31.9 Å². The van der Waals surface area contributed by atoms with Gasteiger partial charge in [-0.2, -0.15) is 0 Å². The molecule has 0 aromatic heterocycles. The van der Waals surface area contributed by atoms with Gasteiger partial charge in [-0.1, -0.05) is 0 Å². The van der Waals surface area contributed by atoms with Crippen molar-refractivity contribution >= 4 is 13.7 Å². The first-order chi connectivity index (χ1) is 9.24. The Kier molecular flexibility index (Phi) is 4.68. The molecular weight excluding hydrogens is 247 g/mol. The van der Waals surface area contributed by atoms with E-state index >= 15 is 0 Å². The second-order valence-corrected chi connectivity index (χ2v) is 4.41. The number of rotatable bonds is 7. The van der Waals surface area contributed by atoms with E-state index in [0.29, 0.717) is 19.0 Å². The van der Waals surface area contributed by atoms with Crippen LogP contribution in [0.25, 0.3) is 0 Å². The smallest absolute Gasteiger partial charge is 0.504 e. The second kappa shape index (κ2) is 6.47. The van der Waals surface area contributed by atoms with Crippen LogP contribution in [-0.2, 0) is 9.53 Å². The molecule has 0 bridgehead atoms. The van der Waals surface area contributed by atoms with E-state index in [2.05, 4.69) is 0 Å². The molecule has 5 nitrogen and oxygen atoms in total. The minimum absolute atomic E-state index is 0.00283. The number of carbonyl (C=O) groups excluding carboxylic acids is 1. The molecule has 0 heterocycles. The molecule has 19 heavy (non-hydrogen) atoms. The molecule has 2 atom stereocenters. The summed E-state index contributed by atoms with van der Waals surface area (Å²) in [6.07, 6.45) is 0.838. The van der Waals surface area contributed by atoms with E-state index in [9.17, 15) is 4.79 Å². The van der Waals surface area contributed by atoms with Gasteiger partial charge >= 0.3 is 13.7 Å². The highest BCUT2D eigenvalue weighted by Gasteiger charge is 2.44. The lowest BCUT2D eigenvalue weighted by Gasteiger charge is -2.07. The van der Waals surface area contributed by atoms with Gasteiger partial charge in [0.15, 0.2) is 0 Å². The molecule has 1 N–H and O–H groups in total. The summed E-state index contributed by atoms with van der Waals surface area (Å²) in [7, 11) is -0.344. The third-order valence-corrected chi connectivity index (χ3v) is 3.03. The molecule has 0 radical (unpaired) electrons. The Balaban J connectivity index is 1.73. The van der Waals surface area contributed by atoms with Gasteiger partial charge in [-0.15, -0.1) is 0 Å². The van der Waals surface area contributed by atoms with Gasteiger partial charge in [-0.25, -0.2) is 0 Å². The molecule has 1 aromatic carbocycles. The molecule has 0 unspecified atom stereocenters. The zero-order chi connectivity index (χ0) is 13.7. The normalized spacial score (nSPS) is 20.5. The Morgan fingerprint density at radius 2 is 2.05 bits per heavy atom. The molecule has 1 fully saturated rings. The van der Waals surface area contributed by atoms with Gasteiger partial charge in [0.1, 0.15) is 11.5 Å². The molecule has 102 valence electrons. The highest BCUT2D eigenvalue weighted by Crippen LogP contribution is 2.39.